The van der Waals surface area contributed by atoms with Crippen molar-refractivity contribution >= 4 is 39.1 Å². The number of rotatable bonds is 2. The van der Waals surface area contributed by atoms with E-state index in [9.17, 15) is 0 Å². The van der Waals surface area contributed by atoms with Crippen molar-refractivity contribution in [3.05, 3.63) is 38.4 Å². The Labute approximate surface area is 111 Å². The third kappa shape index (κ3) is 2.11. The second kappa shape index (κ2) is 4.75. The van der Waals surface area contributed by atoms with Crippen LogP contribution in [0.1, 0.15) is 5.69 Å². The van der Waals surface area contributed by atoms with E-state index >= 15 is 0 Å². The van der Waals surface area contributed by atoms with E-state index in [4.69, 9.17) is 28.9 Å². The van der Waals surface area contributed by atoms with Gasteiger partial charge in [-0.05, 0) is 28.1 Å². The highest BCUT2D eigenvalue weighted by Gasteiger charge is 2.12. The van der Waals surface area contributed by atoms with Gasteiger partial charge in [-0.25, -0.2) is 0 Å². The second-order valence-electron chi connectivity index (χ2n) is 3.20. The second-order valence-corrected chi connectivity index (χ2v) is 4.81. The lowest BCUT2D eigenvalue weighted by atomic mass is 10.1. The molecule has 0 aliphatic carbocycles. The van der Waals surface area contributed by atoms with Crippen molar-refractivity contribution in [1.29, 1.82) is 0 Å². The minimum atomic E-state index is 0.398. The summed E-state index contributed by atoms with van der Waals surface area (Å²) in [6.45, 7) is 0.398. The summed E-state index contributed by atoms with van der Waals surface area (Å²) in [5.41, 5.74) is 8.06. The van der Waals surface area contributed by atoms with Crippen molar-refractivity contribution in [1.82, 2.24) is 10.2 Å². The minimum absolute atomic E-state index is 0.398. The lowest BCUT2D eigenvalue weighted by Gasteiger charge is -2.00. The molecule has 0 aliphatic rings. The van der Waals surface area contributed by atoms with Gasteiger partial charge in [0.05, 0.1) is 20.2 Å². The van der Waals surface area contributed by atoms with Gasteiger partial charge in [0.2, 0.25) is 0 Å². The van der Waals surface area contributed by atoms with E-state index < -0.39 is 0 Å². The van der Waals surface area contributed by atoms with Crippen molar-refractivity contribution < 1.29 is 0 Å². The number of hydrogen-bond acceptors (Lipinski definition) is 2. The van der Waals surface area contributed by atoms with Gasteiger partial charge < -0.3 is 5.73 Å². The first-order valence-corrected chi connectivity index (χ1v) is 6.06. The van der Waals surface area contributed by atoms with Gasteiger partial charge in [-0.1, -0.05) is 29.3 Å². The fourth-order valence-electron chi connectivity index (χ4n) is 1.33. The molecule has 0 unspecified atom stereocenters. The molecule has 2 rings (SSSR count). The van der Waals surface area contributed by atoms with Crippen LogP contribution in [0.2, 0.25) is 10.0 Å². The number of aromatic amines is 1. The molecular weight excluding hydrogens is 313 g/mol. The SMILES string of the molecule is NCc1[nH]nc(-c2ccc(Cl)c(Cl)c2)c1Br. The lowest BCUT2D eigenvalue weighted by Crippen LogP contribution is -1.96. The molecule has 0 bridgehead atoms. The van der Waals surface area contributed by atoms with E-state index in [1.54, 1.807) is 12.1 Å². The van der Waals surface area contributed by atoms with Crippen LogP contribution in [-0.2, 0) is 6.54 Å². The number of nitrogens with two attached hydrogens (primary N) is 1. The Hall–Kier alpha value is -0.550. The molecule has 1 aromatic carbocycles. The Balaban J connectivity index is 2.50. The van der Waals surface area contributed by atoms with E-state index in [0.29, 0.717) is 16.6 Å². The maximum Gasteiger partial charge on any atom is 0.107 e. The number of benzene rings is 1. The highest BCUT2D eigenvalue weighted by molar-refractivity contribution is 9.10. The molecule has 16 heavy (non-hydrogen) atoms. The van der Waals surface area contributed by atoms with Crippen molar-refractivity contribution in [2.75, 3.05) is 0 Å². The van der Waals surface area contributed by atoms with Crippen LogP contribution in [0.3, 0.4) is 0 Å². The normalized spacial score (nSPS) is 10.8. The van der Waals surface area contributed by atoms with Crippen LogP contribution >= 0.6 is 39.1 Å². The first kappa shape index (κ1) is 11.9. The Morgan fingerprint density at radius 3 is 2.62 bits per heavy atom. The average molecular weight is 321 g/mol. The highest BCUT2D eigenvalue weighted by Crippen LogP contribution is 2.32. The van der Waals surface area contributed by atoms with Crippen molar-refractivity contribution in [3.8, 4) is 11.3 Å². The van der Waals surface area contributed by atoms with Gasteiger partial charge in [-0.3, -0.25) is 5.10 Å². The average Bonchev–Trinajstić information content (AvgIpc) is 2.64. The van der Waals surface area contributed by atoms with Crippen molar-refractivity contribution in [3.63, 3.8) is 0 Å². The third-order valence-electron chi connectivity index (χ3n) is 2.17. The molecule has 0 aliphatic heterocycles. The molecule has 3 nitrogen and oxygen atoms in total. The number of nitrogens with zero attached hydrogens (tertiary/aromatic N) is 1. The van der Waals surface area contributed by atoms with Gasteiger partial charge >= 0.3 is 0 Å². The van der Waals surface area contributed by atoms with Crippen LogP contribution in [0.4, 0.5) is 0 Å². The van der Waals surface area contributed by atoms with Crippen LogP contribution in [0.25, 0.3) is 11.3 Å². The Morgan fingerprint density at radius 2 is 2.06 bits per heavy atom. The summed E-state index contributed by atoms with van der Waals surface area (Å²) in [4.78, 5) is 0. The number of hydrogen-bond donors (Lipinski definition) is 2. The van der Waals surface area contributed by atoms with E-state index in [2.05, 4.69) is 26.1 Å². The summed E-state index contributed by atoms with van der Waals surface area (Å²) in [6.07, 6.45) is 0. The fraction of sp³-hybridized carbons (Fsp3) is 0.100. The highest BCUT2D eigenvalue weighted by atomic mass is 79.9. The van der Waals surface area contributed by atoms with Gasteiger partial charge in [0.1, 0.15) is 5.69 Å². The van der Waals surface area contributed by atoms with Gasteiger partial charge in [0.25, 0.3) is 0 Å². The summed E-state index contributed by atoms with van der Waals surface area (Å²) < 4.78 is 0.855. The fourth-order valence-corrected chi connectivity index (χ4v) is 2.20. The maximum absolute atomic E-state index is 5.95. The lowest BCUT2D eigenvalue weighted by molar-refractivity contribution is 0.945. The molecule has 1 heterocycles. The molecule has 0 amide bonds. The molecule has 1 aromatic heterocycles. The van der Waals surface area contributed by atoms with E-state index in [-0.39, 0.29) is 0 Å². The first-order valence-electron chi connectivity index (χ1n) is 4.51. The first-order chi connectivity index (χ1) is 7.63. The maximum atomic E-state index is 5.95. The molecule has 6 heteroatoms. The summed E-state index contributed by atoms with van der Waals surface area (Å²) in [5, 5.41) is 8.06. The largest absolute Gasteiger partial charge is 0.325 e. The number of halogens is 3. The van der Waals surface area contributed by atoms with Crippen LogP contribution in [0.5, 0.6) is 0 Å². The summed E-state index contributed by atoms with van der Waals surface area (Å²) >= 11 is 15.2. The Morgan fingerprint density at radius 1 is 1.31 bits per heavy atom. The van der Waals surface area contributed by atoms with Gasteiger partial charge in [0.15, 0.2) is 0 Å². The molecule has 0 spiro atoms. The van der Waals surface area contributed by atoms with E-state index in [1.165, 1.54) is 0 Å². The number of H-pyrrole nitrogens is 1. The van der Waals surface area contributed by atoms with Gasteiger partial charge in [0, 0.05) is 12.1 Å². The van der Waals surface area contributed by atoms with Gasteiger partial charge in [-0.2, -0.15) is 5.10 Å². The third-order valence-corrected chi connectivity index (χ3v) is 3.77. The van der Waals surface area contributed by atoms with Crippen molar-refractivity contribution in [2.24, 2.45) is 5.73 Å². The standard InChI is InChI=1S/C10H8BrCl2N3/c11-9-8(4-14)15-16-10(9)5-1-2-6(12)7(13)3-5/h1-3H,4,14H2,(H,15,16). The predicted octanol–water partition coefficient (Wildman–Crippen LogP) is 3.60. The monoisotopic (exact) mass is 319 g/mol. The molecule has 0 atom stereocenters. The zero-order chi connectivity index (χ0) is 11.7. The molecule has 2 aromatic rings. The summed E-state index contributed by atoms with van der Waals surface area (Å²) in [5.74, 6) is 0. The van der Waals surface area contributed by atoms with Gasteiger partial charge in [-0.15, -0.1) is 0 Å². The van der Waals surface area contributed by atoms with Crippen LogP contribution in [-0.4, -0.2) is 10.2 Å². The Bertz CT molecular complexity index is 525. The van der Waals surface area contributed by atoms with E-state index in [1.807, 2.05) is 6.07 Å². The molecule has 3 N–H and O–H groups in total. The number of aromatic nitrogens is 2. The van der Waals surface area contributed by atoms with Crippen LogP contribution in [0.15, 0.2) is 22.7 Å². The summed E-state index contributed by atoms with van der Waals surface area (Å²) in [6, 6.07) is 5.36. The molecule has 0 saturated carbocycles. The zero-order valence-electron chi connectivity index (χ0n) is 8.10. The predicted molar refractivity (Wildman–Crippen MR) is 69.6 cm³/mol. The van der Waals surface area contributed by atoms with E-state index in [0.717, 1.165) is 21.4 Å². The molecular formula is C10H8BrCl2N3. The van der Waals surface area contributed by atoms with Crippen LogP contribution < -0.4 is 5.73 Å². The molecule has 0 radical (unpaired) electrons. The smallest absolute Gasteiger partial charge is 0.107 e. The zero-order valence-corrected chi connectivity index (χ0v) is 11.2. The van der Waals surface area contributed by atoms with Crippen LogP contribution in [0, 0.1) is 0 Å². The topological polar surface area (TPSA) is 54.7 Å². The molecule has 0 fully saturated rings. The molecule has 0 saturated heterocycles. The minimum Gasteiger partial charge on any atom is -0.325 e. The van der Waals surface area contributed by atoms with Crippen molar-refractivity contribution in [2.45, 2.75) is 6.54 Å². The summed E-state index contributed by atoms with van der Waals surface area (Å²) in [7, 11) is 0. The molecule has 84 valence electrons. The Kier molecular flexibility index (Phi) is 3.54. The quantitative estimate of drug-likeness (QED) is 0.888. The number of nitrogens with one attached hydrogen (secondary N) is 1.